The number of methoxy groups -OCH3 is 2. The maximum Gasteiger partial charge on any atom is 0.167 e. The molecule has 1 aromatic carbocycles. The molecule has 0 saturated heterocycles. The molecule has 0 atom stereocenters. The van der Waals surface area contributed by atoms with Crippen LogP contribution >= 0.6 is 0 Å². The first-order chi connectivity index (χ1) is 7.51. The Kier molecular flexibility index (Phi) is 3.77. The monoisotopic (exact) mass is 223 g/mol. The molecule has 16 heavy (non-hydrogen) atoms. The third-order valence-electron chi connectivity index (χ3n) is 2.36. The van der Waals surface area contributed by atoms with Crippen LogP contribution in [-0.4, -0.2) is 34.1 Å². The topological polar surface area (TPSA) is 38.8 Å². The Morgan fingerprint density at radius 2 is 1.56 bits per heavy atom. The molecule has 0 saturated carbocycles. The number of benzene rings is 1. The SMILES string of the molecule is COc1cc(N(C)C)cc(OC)c1C(C)=O. The first-order valence-corrected chi connectivity index (χ1v) is 4.95. The number of carbonyl (C=O) groups excluding carboxylic acids is 1. The van der Waals surface area contributed by atoms with Crippen LogP contribution in [-0.2, 0) is 0 Å². The summed E-state index contributed by atoms with van der Waals surface area (Å²) in [5, 5.41) is 0. The van der Waals surface area contributed by atoms with Crippen LogP contribution in [0.3, 0.4) is 0 Å². The lowest BCUT2D eigenvalue weighted by atomic mass is 10.1. The number of hydrogen-bond donors (Lipinski definition) is 0. The number of rotatable bonds is 4. The summed E-state index contributed by atoms with van der Waals surface area (Å²) in [6.07, 6.45) is 0. The maximum absolute atomic E-state index is 11.5. The van der Waals surface area contributed by atoms with E-state index in [0.29, 0.717) is 17.1 Å². The second-order valence-corrected chi connectivity index (χ2v) is 3.68. The molecule has 4 nitrogen and oxygen atoms in total. The third-order valence-corrected chi connectivity index (χ3v) is 2.36. The van der Waals surface area contributed by atoms with Gasteiger partial charge < -0.3 is 14.4 Å². The van der Waals surface area contributed by atoms with Gasteiger partial charge in [0.05, 0.1) is 14.2 Å². The molecule has 1 aromatic rings. The second-order valence-electron chi connectivity index (χ2n) is 3.68. The summed E-state index contributed by atoms with van der Waals surface area (Å²) in [7, 11) is 6.92. The molecule has 0 bridgehead atoms. The molecule has 4 heteroatoms. The highest BCUT2D eigenvalue weighted by atomic mass is 16.5. The van der Waals surface area contributed by atoms with Gasteiger partial charge in [-0.2, -0.15) is 0 Å². The van der Waals surface area contributed by atoms with Crippen molar-refractivity contribution in [1.82, 2.24) is 0 Å². The van der Waals surface area contributed by atoms with Gasteiger partial charge in [0, 0.05) is 31.9 Å². The Labute approximate surface area is 95.8 Å². The van der Waals surface area contributed by atoms with E-state index in [1.807, 2.05) is 31.1 Å². The molecule has 0 N–H and O–H groups in total. The fraction of sp³-hybridized carbons (Fsp3) is 0.417. The van der Waals surface area contributed by atoms with E-state index in [9.17, 15) is 4.79 Å². The van der Waals surface area contributed by atoms with Gasteiger partial charge in [0.15, 0.2) is 5.78 Å². The molecule has 0 aliphatic carbocycles. The average molecular weight is 223 g/mol. The Bertz CT molecular complexity index is 374. The maximum atomic E-state index is 11.5. The molecule has 0 aliphatic heterocycles. The molecule has 0 spiro atoms. The van der Waals surface area contributed by atoms with E-state index in [1.165, 1.54) is 6.92 Å². The minimum absolute atomic E-state index is 0.0704. The summed E-state index contributed by atoms with van der Waals surface area (Å²) >= 11 is 0. The number of anilines is 1. The van der Waals surface area contributed by atoms with Crippen LogP contribution in [0.25, 0.3) is 0 Å². The number of ether oxygens (including phenoxy) is 2. The minimum Gasteiger partial charge on any atom is -0.496 e. The lowest BCUT2D eigenvalue weighted by Crippen LogP contribution is -2.10. The Hall–Kier alpha value is -1.71. The van der Waals surface area contributed by atoms with Crippen molar-refractivity contribution >= 4 is 11.5 Å². The van der Waals surface area contributed by atoms with Crippen molar-refractivity contribution in [3.05, 3.63) is 17.7 Å². The molecule has 0 unspecified atom stereocenters. The molecule has 88 valence electrons. The van der Waals surface area contributed by atoms with Gasteiger partial charge in [0.2, 0.25) is 0 Å². The predicted octanol–water partition coefficient (Wildman–Crippen LogP) is 1.97. The molecule has 0 radical (unpaired) electrons. The highest BCUT2D eigenvalue weighted by Gasteiger charge is 2.16. The summed E-state index contributed by atoms with van der Waals surface area (Å²) in [6.45, 7) is 1.50. The molecule has 0 fully saturated rings. The zero-order valence-electron chi connectivity index (χ0n) is 10.3. The summed E-state index contributed by atoms with van der Waals surface area (Å²) < 4.78 is 10.4. The molecule has 0 heterocycles. The molecule has 0 amide bonds. The number of Topliss-reactive ketones (excluding diaryl/α,β-unsaturated/α-hetero) is 1. The number of ketones is 1. The van der Waals surface area contributed by atoms with Crippen molar-refractivity contribution in [3.63, 3.8) is 0 Å². The summed E-state index contributed by atoms with van der Waals surface area (Å²) in [5.41, 5.74) is 1.41. The van der Waals surface area contributed by atoms with Gasteiger partial charge in [-0.25, -0.2) is 0 Å². The Balaban J connectivity index is 3.43. The van der Waals surface area contributed by atoms with E-state index < -0.39 is 0 Å². The first kappa shape index (κ1) is 12.4. The van der Waals surface area contributed by atoms with Crippen LogP contribution in [0.5, 0.6) is 11.5 Å². The van der Waals surface area contributed by atoms with Crippen molar-refractivity contribution in [2.75, 3.05) is 33.2 Å². The lowest BCUT2D eigenvalue weighted by Gasteiger charge is -2.17. The molecule has 1 rings (SSSR count). The standard InChI is InChI=1S/C12H17NO3/c1-8(14)12-10(15-4)6-9(13(2)3)7-11(12)16-5/h6-7H,1-5H3. The van der Waals surface area contributed by atoms with Crippen LogP contribution in [0.2, 0.25) is 0 Å². The van der Waals surface area contributed by atoms with Crippen LogP contribution in [0.4, 0.5) is 5.69 Å². The van der Waals surface area contributed by atoms with Crippen LogP contribution in [0.15, 0.2) is 12.1 Å². The second kappa shape index (κ2) is 4.88. The van der Waals surface area contributed by atoms with Gasteiger partial charge >= 0.3 is 0 Å². The van der Waals surface area contributed by atoms with E-state index in [1.54, 1.807) is 14.2 Å². The van der Waals surface area contributed by atoms with Gasteiger partial charge in [-0.05, 0) is 6.92 Å². The zero-order valence-corrected chi connectivity index (χ0v) is 10.3. The Morgan fingerprint density at radius 1 is 1.12 bits per heavy atom. The van der Waals surface area contributed by atoms with Crippen molar-refractivity contribution < 1.29 is 14.3 Å². The lowest BCUT2D eigenvalue weighted by molar-refractivity contribution is 0.101. The van der Waals surface area contributed by atoms with Crippen molar-refractivity contribution in [2.45, 2.75) is 6.92 Å². The Morgan fingerprint density at radius 3 is 1.81 bits per heavy atom. The summed E-state index contributed by atoms with van der Waals surface area (Å²) in [6, 6.07) is 3.64. The molecule has 0 aromatic heterocycles. The zero-order chi connectivity index (χ0) is 12.3. The average Bonchev–Trinajstić information content (AvgIpc) is 2.26. The summed E-state index contributed by atoms with van der Waals surface area (Å²) in [4.78, 5) is 13.4. The van der Waals surface area contributed by atoms with Crippen LogP contribution < -0.4 is 14.4 Å². The smallest absolute Gasteiger partial charge is 0.167 e. The fourth-order valence-corrected chi connectivity index (χ4v) is 1.50. The van der Waals surface area contributed by atoms with E-state index in [4.69, 9.17) is 9.47 Å². The third kappa shape index (κ3) is 2.27. The van der Waals surface area contributed by atoms with Gasteiger partial charge in [-0.15, -0.1) is 0 Å². The fourth-order valence-electron chi connectivity index (χ4n) is 1.50. The van der Waals surface area contributed by atoms with E-state index in [-0.39, 0.29) is 5.78 Å². The van der Waals surface area contributed by atoms with Gasteiger partial charge in [0.1, 0.15) is 17.1 Å². The number of nitrogens with zero attached hydrogens (tertiary/aromatic N) is 1. The highest BCUT2D eigenvalue weighted by molar-refractivity contribution is 6.00. The highest BCUT2D eigenvalue weighted by Crippen LogP contribution is 2.34. The number of carbonyl (C=O) groups is 1. The quantitative estimate of drug-likeness (QED) is 0.731. The normalized spacial score (nSPS) is 9.81. The minimum atomic E-state index is -0.0704. The van der Waals surface area contributed by atoms with Crippen molar-refractivity contribution in [1.29, 1.82) is 0 Å². The van der Waals surface area contributed by atoms with Crippen molar-refractivity contribution in [3.8, 4) is 11.5 Å². The van der Waals surface area contributed by atoms with E-state index in [0.717, 1.165) is 5.69 Å². The van der Waals surface area contributed by atoms with Crippen molar-refractivity contribution in [2.24, 2.45) is 0 Å². The molecular weight excluding hydrogens is 206 g/mol. The van der Waals surface area contributed by atoms with E-state index in [2.05, 4.69) is 0 Å². The largest absolute Gasteiger partial charge is 0.496 e. The van der Waals surface area contributed by atoms with Gasteiger partial charge in [-0.3, -0.25) is 4.79 Å². The van der Waals surface area contributed by atoms with E-state index >= 15 is 0 Å². The van der Waals surface area contributed by atoms with Gasteiger partial charge in [-0.1, -0.05) is 0 Å². The molecule has 0 aliphatic rings. The van der Waals surface area contributed by atoms with Crippen LogP contribution in [0.1, 0.15) is 17.3 Å². The first-order valence-electron chi connectivity index (χ1n) is 4.95. The molecular formula is C12H17NO3. The predicted molar refractivity (Wildman–Crippen MR) is 63.9 cm³/mol. The van der Waals surface area contributed by atoms with Crippen LogP contribution in [0, 0.1) is 0 Å². The summed E-state index contributed by atoms with van der Waals surface area (Å²) in [5.74, 6) is 1.00. The number of hydrogen-bond acceptors (Lipinski definition) is 4. The van der Waals surface area contributed by atoms with Gasteiger partial charge in [0.25, 0.3) is 0 Å².